The average Bonchev–Trinajstić information content (AvgIpc) is 3.53. The van der Waals surface area contributed by atoms with E-state index in [4.69, 9.17) is 9.47 Å². The lowest BCUT2D eigenvalue weighted by molar-refractivity contribution is -0.123. The second-order valence-electron chi connectivity index (χ2n) is 6.62. The quantitative estimate of drug-likeness (QED) is 0.702. The highest BCUT2D eigenvalue weighted by atomic mass is 16.6. The van der Waals surface area contributed by atoms with E-state index < -0.39 is 12.1 Å². The van der Waals surface area contributed by atoms with Crippen molar-refractivity contribution in [1.82, 2.24) is 10.6 Å². The number of amides is 2. The molecule has 0 radical (unpaired) electrons. The normalized spacial score (nSPS) is 17.4. The summed E-state index contributed by atoms with van der Waals surface area (Å²) in [5.74, 6) is -0.251. The van der Waals surface area contributed by atoms with Crippen LogP contribution in [0.2, 0.25) is 0 Å². The van der Waals surface area contributed by atoms with Crippen molar-refractivity contribution in [3.63, 3.8) is 0 Å². The number of carbonyl (C=O) groups excluding carboxylic acids is 2. The molecule has 2 N–H and O–H groups in total. The van der Waals surface area contributed by atoms with Crippen LogP contribution >= 0.6 is 0 Å². The Kier molecular flexibility index (Phi) is 6.44. The first kappa shape index (κ1) is 18.9. The first-order chi connectivity index (χ1) is 13.1. The third-order valence-corrected chi connectivity index (χ3v) is 4.39. The molecular formula is C21H24N2O4. The van der Waals surface area contributed by atoms with Crippen LogP contribution in [0, 0.1) is 0 Å². The van der Waals surface area contributed by atoms with Crippen LogP contribution in [0.5, 0.6) is 0 Å². The molecule has 0 unspecified atom stereocenters. The van der Waals surface area contributed by atoms with Crippen LogP contribution in [-0.4, -0.2) is 36.8 Å². The fourth-order valence-electron chi connectivity index (χ4n) is 2.73. The molecule has 1 aliphatic rings. The van der Waals surface area contributed by atoms with Gasteiger partial charge in [-0.1, -0.05) is 60.7 Å². The second kappa shape index (κ2) is 9.19. The lowest BCUT2D eigenvalue weighted by atomic mass is 10.0. The Morgan fingerprint density at radius 3 is 2.22 bits per heavy atom. The number of hydrogen-bond acceptors (Lipinski definition) is 4. The summed E-state index contributed by atoms with van der Waals surface area (Å²) in [7, 11) is 0. The minimum absolute atomic E-state index is 0.0522. The number of carbonyl (C=O) groups is 2. The maximum absolute atomic E-state index is 12.7. The molecule has 2 aromatic rings. The summed E-state index contributed by atoms with van der Waals surface area (Å²) in [5, 5.41) is 5.59. The van der Waals surface area contributed by atoms with Crippen molar-refractivity contribution in [2.45, 2.75) is 38.1 Å². The molecule has 142 valence electrons. The van der Waals surface area contributed by atoms with Crippen molar-refractivity contribution in [2.75, 3.05) is 6.61 Å². The average molecular weight is 368 g/mol. The molecule has 0 spiro atoms. The molecule has 2 amide bonds. The number of benzene rings is 2. The highest BCUT2D eigenvalue weighted by Crippen LogP contribution is 2.14. The number of alkyl carbamates (subject to hydrolysis) is 1. The Morgan fingerprint density at radius 1 is 1.04 bits per heavy atom. The fourth-order valence-corrected chi connectivity index (χ4v) is 2.73. The van der Waals surface area contributed by atoms with Crippen LogP contribution in [0.25, 0.3) is 0 Å². The van der Waals surface area contributed by atoms with Gasteiger partial charge >= 0.3 is 6.09 Å². The highest BCUT2D eigenvalue weighted by Gasteiger charge is 2.32. The van der Waals surface area contributed by atoms with Gasteiger partial charge in [0.1, 0.15) is 18.8 Å². The third-order valence-electron chi connectivity index (χ3n) is 4.39. The van der Waals surface area contributed by atoms with Crippen molar-refractivity contribution in [3.8, 4) is 0 Å². The van der Waals surface area contributed by atoms with Crippen LogP contribution in [0.1, 0.15) is 18.1 Å². The Hall–Kier alpha value is -2.86. The zero-order valence-corrected chi connectivity index (χ0v) is 15.3. The number of ether oxygens (including phenoxy) is 2. The smallest absolute Gasteiger partial charge is 0.408 e. The van der Waals surface area contributed by atoms with Crippen molar-refractivity contribution >= 4 is 12.0 Å². The summed E-state index contributed by atoms with van der Waals surface area (Å²) in [4.78, 5) is 24.9. The number of nitrogens with one attached hydrogen (secondary N) is 2. The molecule has 1 aliphatic heterocycles. The van der Waals surface area contributed by atoms with E-state index in [0.717, 1.165) is 11.1 Å². The minimum atomic E-state index is -0.725. The largest absolute Gasteiger partial charge is 0.445 e. The van der Waals surface area contributed by atoms with Crippen LogP contribution in [0.3, 0.4) is 0 Å². The van der Waals surface area contributed by atoms with Crippen molar-refractivity contribution < 1.29 is 19.1 Å². The Bertz CT molecular complexity index is 747. The monoisotopic (exact) mass is 368 g/mol. The van der Waals surface area contributed by atoms with Crippen molar-refractivity contribution in [2.24, 2.45) is 0 Å². The summed E-state index contributed by atoms with van der Waals surface area (Å²) < 4.78 is 10.5. The standard InChI is InChI=1S/C21H24N2O4/c1-15(19-14-26-19)22-20(24)18(12-16-8-4-2-5-9-16)23-21(25)27-13-17-10-6-3-7-11-17/h2-11,15,18-19H,12-14H2,1H3,(H,22,24)(H,23,25)/t15-,18-,19+/m0/s1. The first-order valence-electron chi connectivity index (χ1n) is 9.05. The first-order valence-corrected chi connectivity index (χ1v) is 9.05. The lowest BCUT2D eigenvalue weighted by Gasteiger charge is -2.20. The van der Waals surface area contributed by atoms with Crippen LogP contribution in [0.4, 0.5) is 4.79 Å². The van der Waals surface area contributed by atoms with Gasteiger partial charge in [-0.15, -0.1) is 0 Å². The molecule has 0 aromatic heterocycles. The van der Waals surface area contributed by atoms with Gasteiger partial charge in [-0.2, -0.15) is 0 Å². The number of rotatable bonds is 8. The maximum Gasteiger partial charge on any atom is 0.408 e. The molecule has 27 heavy (non-hydrogen) atoms. The van der Waals surface area contributed by atoms with Gasteiger partial charge in [-0.05, 0) is 18.1 Å². The van der Waals surface area contributed by atoms with Gasteiger partial charge in [-0.25, -0.2) is 4.79 Å². The van der Waals surface area contributed by atoms with E-state index in [9.17, 15) is 9.59 Å². The molecule has 3 rings (SSSR count). The van der Waals surface area contributed by atoms with Gasteiger partial charge in [0.25, 0.3) is 0 Å². The molecule has 1 heterocycles. The zero-order chi connectivity index (χ0) is 19.1. The van der Waals surface area contributed by atoms with Crippen LogP contribution in [0.15, 0.2) is 60.7 Å². The Labute approximate surface area is 158 Å². The molecule has 6 heteroatoms. The van der Waals surface area contributed by atoms with E-state index in [1.54, 1.807) is 0 Å². The summed E-state index contributed by atoms with van der Waals surface area (Å²) in [6.45, 7) is 2.69. The minimum Gasteiger partial charge on any atom is -0.445 e. The molecule has 0 aliphatic carbocycles. The van der Waals surface area contributed by atoms with Gasteiger partial charge in [-0.3, -0.25) is 4.79 Å². The molecular weight excluding hydrogens is 344 g/mol. The van der Waals surface area contributed by atoms with Crippen LogP contribution < -0.4 is 10.6 Å². The fraction of sp³-hybridized carbons (Fsp3) is 0.333. The van der Waals surface area contributed by atoms with Gasteiger partial charge in [0.15, 0.2) is 0 Å². The van der Waals surface area contributed by atoms with E-state index in [2.05, 4.69) is 10.6 Å². The van der Waals surface area contributed by atoms with E-state index in [-0.39, 0.29) is 24.7 Å². The topological polar surface area (TPSA) is 80.0 Å². The molecule has 3 atom stereocenters. The number of epoxide rings is 1. The summed E-state index contributed by atoms with van der Waals surface area (Å²) in [6.07, 6.45) is -0.188. The summed E-state index contributed by atoms with van der Waals surface area (Å²) >= 11 is 0. The molecule has 0 bridgehead atoms. The third kappa shape index (κ3) is 6.11. The van der Waals surface area contributed by atoms with Crippen molar-refractivity contribution in [1.29, 1.82) is 0 Å². The predicted molar refractivity (Wildman–Crippen MR) is 101 cm³/mol. The van der Waals surface area contributed by atoms with E-state index >= 15 is 0 Å². The molecule has 1 saturated heterocycles. The summed E-state index contributed by atoms with van der Waals surface area (Å²) in [5.41, 5.74) is 1.84. The lowest BCUT2D eigenvalue weighted by Crippen LogP contribution is -2.51. The summed E-state index contributed by atoms with van der Waals surface area (Å²) in [6, 6.07) is 18.1. The predicted octanol–water partition coefficient (Wildman–Crippen LogP) is 2.43. The molecule has 0 saturated carbocycles. The molecule has 6 nitrogen and oxygen atoms in total. The molecule has 1 fully saturated rings. The maximum atomic E-state index is 12.7. The zero-order valence-electron chi connectivity index (χ0n) is 15.3. The van der Waals surface area contributed by atoms with E-state index in [1.165, 1.54) is 0 Å². The van der Waals surface area contributed by atoms with Gasteiger partial charge in [0, 0.05) is 6.42 Å². The Morgan fingerprint density at radius 2 is 1.63 bits per heavy atom. The van der Waals surface area contributed by atoms with E-state index in [0.29, 0.717) is 13.0 Å². The van der Waals surface area contributed by atoms with Gasteiger partial charge in [0.2, 0.25) is 5.91 Å². The number of hydrogen-bond donors (Lipinski definition) is 2. The SMILES string of the molecule is C[C@H](NC(=O)[C@H](Cc1ccccc1)NC(=O)OCc1ccccc1)[C@H]1CO1. The van der Waals surface area contributed by atoms with E-state index in [1.807, 2.05) is 67.6 Å². The van der Waals surface area contributed by atoms with Gasteiger partial charge < -0.3 is 20.1 Å². The highest BCUT2D eigenvalue weighted by molar-refractivity contribution is 5.86. The van der Waals surface area contributed by atoms with Crippen LogP contribution in [-0.2, 0) is 27.3 Å². The second-order valence-corrected chi connectivity index (χ2v) is 6.62. The van der Waals surface area contributed by atoms with Gasteiger partial charge in [0.05, 0.1) is 12.6 Å². The van der Waals surface area contributed by atoms with Crippen molar-refractivity contribution in [3.05, 3.63) is 71.8 Å². The molecule has 2 aromatic carbocycles. The Balaban J connectivity index is 1.59.